The Morgan fingerprint density at radius 3 is 2.63 bits per heavy atom. The van der Waals surface area contributed by atoms with Gasteiger partial charge in [0.1, 0.15) is 0 Å². The zero-order chi connectivity index (χ0) is 13.9. The Hall–Kier alpha value is -1.41. The van der Waals surface area contributed by atoms with Crippen LogP contribution in [0.2, 0.25) is 0 Å². The van der Waals surface area contributed by atoms with Crippen LogP contribution < -0.4 is 5.32 Å². The lowest BCUT2D eigenvalue weighted by molar-refractivity contribution is -0.146. The summed E-state index contributed by atoms with van der Waals surface area (Å²) in [5, 5.41) is 16.7. The quantitative estimate of drug-likeness (QED) is 0.786. The molecule has 0 saturated carbocycles. The van der Waals surface area contributed by atoms with Crippen molar-refractivity contribution < 1.29 is 9.90 Å². The van der Waals surface area contributed by atoms with Crippen LogP contribution in [0.1, 0.15) is 5.56 Å². The summed E-state index contributed by atoms with van der Waals surface area (Å²) in [7, 11) is 1.65. The number of likely N-dealkylation sites (N-methyl/N-ethyl adjacent to an activating group) is 1. The van der Waals surface area contributed by atoms with Crippen molar-refractivity contribution in [2.24, 2.45) is 0 Å². The first kappa shape index (κ1) is 14.0. The van der Waals surface area contributed by atoms with E-state index in [4.69, 9.17) is 0 Å². The van der Waals surface area contributed by atoms with Crippen molar-refractivity contribution in [3.05, 3.63) is 51.9 Å². The monoisotopic (exact) mass is 371 g/mol. The van der Waals surface area contributed by atoms with Crippen molar-refractivity contribution in [1.29, 1.82) is 0 Å². The Morgan fingerprint density at radius 1 is 1.47 bits per heavy atom. The molecule has 0 aliphatic heterocycles. The lowest BCUT2D eigenvalue weighted by Gasteiger charge is -2.29. The number of carbonyl (C=O) groups is 1. The molecule has 0 aliphatic carbocycles. The highest BCUT2D eigenvalue weighted by Gasteiger charge is 2.39. The van der Waals surface area contributed by atoms with Crippen LogP contribution in [0.4, 0.5) is 0 Å². The van der Waals surface area contributed by atoms with Gasteiger partial charge in [0.25, 0.3) is 0 Å². The molecular formula is C13H14IN3O2. The highest BCUT2D eigenvalue weighted by molar-refractivity contribution is 14.1. The highest BCUT2D eigenvalue weighted by Crippen LogP contribution is 2.23. The highest BCUT2D eigenvalue weighted by atomic mass is 127. The fraction of sp³-hybridized carbons (Fsp3) is 0.231. The van der Waals surface area contributed by atoms with E-state index in [-0.39, 0.29) is 6.54 Å². The molecule has 5 nitrogen and oxygen atoms in total. The standard InChI is InChI=1S/C13H14IN3O2/c1-15-13(12(18)19,10-5-3-2-4-6-10)9-17-8-11(14)7-16-17/h2-8,15H,9H2,1H3,(H,18,19). The van der Waals surface area contributed by atoms with Crippen molar-refractivity contribution in [2.75, 3.05) is 7.05 Å². The second-order valence-electron chi connectivity index (χ2n) is 4.18. The fourth-order valence-corrected chi connectivity index (χ4v) is 2.45. The zero-order valence-electron chi connectivity index (χ0n) is 10.4. The van der Waals surface area contributed by atoms with E-state index >= 15 is 0 Å². The number of nitrogens with zero attached hydrogens (tertiary/aromatic N) is 2. The van der Waals surface area contributed by atoms with Crippen LogP contribution in [-0.4, -0.2) is 27.9 Å². The summed E-state index contributed by atoms with van der Waals surface area (Å²) in [5.41, 5.74) is -0.480. The van der Waals surface area contributed by atoms with Gasteiger partial charge in [0.05, 0.1) is 16.3 Å². The second kappa shape index (κ2) is 5.70. The van der Waals surface area contributed by atoms with Crippen LogP contribution in [0, 0.1) is 3.57 Å². The Labute approximate surface area is 124 Å². The molecule has 19 heavy (non-hydrogen) atoms. The first-order chi connectivity index (χ1) is 9.08. The van der Waals surface area contributed by atoms with Gasteiger partial charge >= 0.3 is 5.97 Å². The molecule has 1 aromatic carbocycles. The van der Waals surface area contributed by atoms with Gasteiger partial charge in [0.15, 0.2) is 5.54 Å². The van der Waals surface area contributed by atoms with Gasteiger partial charge in [-0.2, -0.15) is 5.10 Å². The fourth-order valence-electron chi connectivity index (χ4n) is 2.00. The molecule has 1 aromatic heterocycles. The van der Waals surface area contributed by atoms with E-state index < -0.39 is 11.5 Å². The lowest BCUT2D eigenvalue weighted by atomic mass is 9.90. The number of benzene rings is 1. The minimum atomic E-state index is -1.18. The molecule has 2 rings (SSSR count). The van der Waals surface area contributed by atoms with Crippen LogP contribution in [0.25, 0.3) is 0 Å². The minimum absolute atomic E-state index is 0.228. The van der Waals surface area contributed by atoms with Crippen LogP contribution in [0.15, 0.2) is 42.7 Å². The minimum Gasteiger partial charge on any atom is -0.480 e. The molecule has 0 spiro atoms. The zero-order valence-corrected chi connectivity index (χ0v) is 12.5. The number of carboxylic acid groups (broad SMARTS) is 1. The summed E-state index contributed by atoms with van der Waals surface area (Å²) in [6.45, 7) is 0.228. The van der Waals surface area contributed by atoms with E-state index in [9.17, 15) is 9.90 Å². The maximum Gasteiger partial charge on any atom is 0.330 e. The molecule has 0 bridgehead atoms. The first-order valence-corrected chi connectivity index (χ1v) is 6.82. The van der Waals surface area contributed by atoms with Crippen molar-refractivity contribution in [1.82, 2.24) is 15.1 Å². The third kappa shape index (κ3) is 2.79. The summed E-state index contributed by atoms with van der Waals surface area (Å²) in [6, 6.07) is 9.13. The van der Waals surface area contributed by atoms with Crippen molar-refractivity contribution in [3.8, 4) is 0 Å². The number of nitrogens with one attached hydrogen (secondary N) is 1. The van der Waals surface area contributed by atoms with E-state index in [1.807, 2.05) is 24.4 Å². The smallest absolute Gasteiger partial charge is 0.330 e. The normalized spacial score (nSPS) is 14.0. The third-order valence-corrected chi connectivity index (χ3v) is 3.62. The molecule has 0 aliphatic rings. The van der Waals surface area contributed by atoms with Crippen molar-refractivity contribution >= 4 is 28.6 Å². The molecule has 0 amide bonds. The van der Waals surface area contributed by atoms with E-state index in [2.05, 4.69) is 33.0 Å². The largest absolute Gasteiger partial charge is 0.480 e. The molecule has 1 atom stereocenters. The molecule has 1 unspecified atom stereocenters. The maximum atomic E-state index is 11.8. The number of halogens is 1. The summed E-state index contributed by atoms with van der Waals surface area (Å²) >= 11 is 2.15. The number of rotatable bonds is 5. The summed E-state index contributed by atoms with van der Waals surface area (Å²) < 4.78 is 2.61. The van der Waals surface area contributed by atoms with Gasteiger partial charge < -0.3 is 5.11 Å². The van der Waals surface area contributed by atoms with E-state index in [0.717, 1.165) is 3.57 Å². The van der Waals surface area contributed by atoms with Crippen molar-refractivity contribution in [2.45, 2.75) is 12.1 Å². The third-order valence-electron chi connectivity index (χ3n) is 3.06. The number of hydrogen-bond donors (Lipinski definition) is 2. The van der Waals surface area contributed by atoms with E-state index in [0.29, 0.717) is 5.56 Å². The number of hydrogen-bond acceptors (Lipinski definition) is 3. The second-order valence-corrected chi connectivity index (χ2v) is 5.43. The Bertz CT molecular complexity index is 570. The van der Waals surface area contributed by atoms with Crippen LogP contribution in [-0.2, 0) is 16.9 Å². The van der Waals surface area contributed by atoms with Gasteiger partial charge in [-0.3, -0.25) is 10.00 Å². The molecule has 100 valence electrons. The number of aromatic nitrogens is 2. The molecular weight excluding hydrogens is 357 g/mol. The molecule has 6 heteroatoms. The number of carboxylic acids is 1. The number of aliphatic carboxylic acids is 1. The Morgan fingerprint density at radius 2 is 2.16 bits per heavy atom. The molecule has 0 saturated heterocycles. The first-order valence-electron chi connectivity index (χ1n) is 5.74. The van der Waals surface area contributed by atoms with Gasteiger partial charge in [-0.1, -0.05) is 30.3 Å². The molecule has 0 fully saturated rings. The van der Waals surface area contributed by atoms with E-state index in [1.54, 1.807) is 30.1 Å². The van der Waals surface area contributed by atoms with Crippen LogP contribution in [0.3, 0.4) is 0 Å². The van der Waals surface area contributed by atoms with Crippen LogP contribution in [0.5, 0.6) is 0 Å². The Kier molecular flexibility index (Phi) is 4.20. The average Bonchev–Trinajstić information content (AvgIpc) is 2.82. The predicted octanol–water partition coefficient (Wildman–Crippen LogP) is 1.69. The summed E-state index contributed by atoms with van der Waals surface area (Å²) in [4.78, 5) is 11.8. The van der Waals surface area contributed by atoms with Gasteiger partial charge in [-0.15, -0.1) is 0 Å². The summed E-state index contributed by atoms with van der Waals surface area (Å²) in [6.07, 6.45) is 3.52. The van der Waals surface area contributed by atoms with Gasteiger partial charge in [0, 0.05) is 6.20 Å². The Balaban J connectivity index is 2.43. The molecule has 2 N–H and O–H groups in total. The van der Waals surface area contributed by atoms with Gasteiger partial charge in [-0.25, -0.2) is 4.79 Å². The SMILES string of the molecule is CNC(Cn1cc(I)cn1)(C(=O)O)c1ccccc1. The van der Waals surface area contributed by atoms with Gasteiger partial charge in [0.2, 0.25) is 0 Å². The van der Waals surface area contributed by atoms with Crippen LogP contribution >= 0.6 is 22.6 Å². The average molecular weight is 371 g/mol. The molecule has 0 radical (unpaired) electrons. The molecule has 1 heterocycles. The van der Waals surface area contributed by atoms with E-state index in [1.165, 1.54) is 0 Å². The van der Waals surface area contributed by atoms with Crippen molar-refractivity contribution in [3.63, 3.8) is 0 Å². The predicted molar refractivity (Wildman–Crippen MR) is 79.8 cm³/mol. The summed E-state index contributed by atoms with van der Waals surface area (Å²) in [5.74, 6) is -0.924. The lowest BCUT2D eigenvalue weighted by Crippen LogP contribution is -2.50. The topological polar surface area (TPSA) is 67.2 Å². The molecule has 2 aromatic rings. The van der Waals surface area contributed by atoms with Gasteiger partial charge in [-0.05, 0) is 35.2 Å². The maximum absolute atomic E-state index is 11.8.